The molecule has 0 aliphatic heterocycles. The lowest BCUT2D eigenvalue weighted by atomic mass is 9.93. The molecule has 1 aliphatic carbocycles. The summed E-state index contributed by atoms with van der Waals surface area (Å²) in [5.41, 5.74) is 5.40. The minimum Gasteiger partial charge on any atom is -0.482 e. The molecule has 0 saturated heterocycles. The molecule has 36 heavy (non-hydrogen) atoms. The van der Waals surface area contributed by atoms with Crippen molar-refractivity contribution < 1.29 is 18.7 Å². The second-order valence-electron chi connectivity index (χ2n) is 8.11. The van der Waals surface area contributed by atoms with Crippen LogP contribution in [0.25, 0.3) is 10.2 Å². The number of nitrogens with zero attached hydrogens (tertiary/aromatic N) is 2. The zero-order valence-electron chi connectivity index (χ0n) is 19.1. The molecule has 5 rings (SSSR count). The molecule has 2 aromatic heterocycles. The molecule has 184 valence electrons. The van der Waals surface area contributed by atoms with Crippen LogP contribution in [0.5, 0.6) is 5.75 Å². The third-order valence-electron chi connectivity index (χ3n) is 5.61. The zero-order valence-corrected chi connectivity index (χ0v) is 21.4. The molecule has 8 nitrogen and oxygen atoms in total. The van der Waals surface area contributed by atoms with Crippen LogP contribution >= 0.6 is 34.5 Å². The van der Waals surface area contributed by atoms with Crippen LogP contribution < -0.4 is 15.5 Å². The van der Waals surface area contributed by atoms with Crippen molar-refractivity contribution >= 4 is 67.4 Å². The van der Waals surface area contributed by atoms with Gasteiger partial charge in [-0.25, -0.2) is 10.4 Å². The average Bonchev–Trinajstić information content (AvgIpc) is 3.42. The topological polar surface area (TPSA) is 106 Å². The molecule has 2 N–H and O–H groups in total. The first-order valence-electron chi connectivity index (χ1n) is 11.1. The molecule has 1 aliphatic rings. The van der Waals surface area contributed by atoms with Crippen LogP contribution in [0.2, 0.25) is 10.0 Å². The smallest absolute Gasteiger partial charge is 0.293 e. The van der Waals surface area contributed by atoms with Crippen LogP contribution in [0.15, 0.2) is 52.0 Å². The minimum atomic E-state index is -0.449. The van der Waals surface area contributed by atoms with Gasteiger partial charge >= 0.3 is 0 Å². The Bertz CT molecular complexity index is 1480. The lowest BCUT2D eigenvalue weighted by molar-refractivity contribution is -0.123. The fourth-order valence-corrected chi connectivity index (χ4v) is 5.30. The van der Waals surface area contributed by atoms with Gasteiger partial charge in [0.1, 0.15) is 11.5 Å². The third kappa shape index (κ3) is 5.09. The average molecular weight is 543 g/mol. The summed E-state index contributed by atoms with van der Waals surface area (Å²) in [5.74, 6) is 0.401. The first kappa shape index (κ1) is 24.3. The lowest BCUT2D eigenvalue weighted by Crippen LogP contribution is -2.27. The molecular formula is C25H20Cl2N4O4S. The van der Waals surface area contributed by atoms with Crippen LogP contribution in [0.3, 0.4) is 0 Å². The number of thiazole rings is 1. The Morgan fingerprint density at radius 3 is 2.83 bits per heavy atom. The molecule has 11 heteroatoms. The molecule has 0 unspecified atom stereocenters. The van der Waals surface area contributed by atoms with E-state index in [-0.39, 0.29) is 18.3 Å². The number of fused-ring (bicyclic) bond motifs is 2. The number of nitrogens with one attached hydrogen (secondary N) is 2. The lowest BCUT2D eigenvalue weighted by Gasteiger charge is -2.13. The van der Waals surface area contributed by atoms with Crippen molar-refractivity contribution in [2.45, 2.75) is 26.2 Å². The number of rotatable bonds is 6. The Hall–Kier alpha value is -3.40. The van der Waals surface area contributed by atoms with Crippen molar-refractivity contribution in [3.05, 3.63) is 75.2 Å². The Balaban J connectivity index is 1.28. The molecule has 2 heterocycles. The van der Waals surface area contributed by atoms with E-state index >= 15 is 0 Å². The molecule has 0 saturated carbocycles. The maximum atomic E-state index is 13.0. The number of carbonyl (C=O) groups excluding carboxylic acids is 2. The number of hydrazone groups is 1. The van der Waals surface area contributed by atoms with E-state index in [2.05, 4.69) is 20.8 Å². The van der Waals surface area contributed by atoms with Crippen LogP contribution in [-0.4, -0.2) is 29.1 Å². The van der Waals surface area contributed by atoms with E-state index in [9.17, 15) is 9.59 Å². The Kier molecular flexibility index (Phi) is 6.95. The number of furan rings is 1. The number of aromatic nitrogens is 1. The molecule has 0 bridgehead atoms. The van der Waals surface area contributed by atoms with Crippen LogP contribution in [-0.2, 0) is 11.2 Å². The van der Waals surface area contributed by atoms with Gasteiger partial charge in [0.2, 0.25) is 0 Å². The number of aryl methyl sites for hydroxylation is 1. The van der Waals surface area contributed by atoms with Gasteiger partial charge in [0.05, 0.1) is 21.0 Å². The number of halogens is 2. The van der Waals surface area contributed by atoms with Gasteiger partial charge in [-0.15, -0.1) is 0 Å². The van der Waals surface area contributed by atoms with E-state index in [1.807, 2.05) is 31.2 Å². The number of amides is 2. The number of benzene rings is 2. The van der Waals surface area contributed by atoms with Gasteiger partial charge in [-0.05, 0) is 50.1 Å². The van der Waals surface area contributed by atoms with E-state index in [0.717, 1.165) is 22.2 Å². The van der Waals surface area contributed by atoms with Crippen LogP contribution in [0.1, 0.15) is 40.3 Å². The van der Waals surface area contributed by atoms with Gasteiger partial charge in [-0.3, -0.25) is 14.9 Å². The van der Waals surface area contributed by atoms with Crippen molar-refractivity contribution in [2.75, 3.05) is 11.9 Å². The van der Waals surface area contributed by atoms with Crippen LogP contribution in [0, 0.1) is 6.92 Å². The largest absolute Gasteiger partial charge is 0.482 e. The van der Waals surface area contributed by atoms with Gasteiger partial charge < -0.3 is 9.15 Å². The monoisotopic (exact) mass is 542 g/mol. The number of anilines is 1. The minimum absolute atomic E-state index is 0.209. The second kappa shape index (κ2) is 10.3. The number of hydrogen-bond acceptors (Lipinski definition) is 7. The summed E-state index contributed by atoms with van der Waals surface area (Å²) in [6.45, 7) is 1.54. The highest BCUT2D eigenvalue weighted by atomic mass is 35.5. The van der Waals surface area contributed by atoms with Crippen molar-refractivity contribution in [1.82, 2.24) is 10.4 Å². The fourth-order valence-electron chi connectivity index (χ4n) is 3.97. The summed E-state index contributed by atoms with van der Waals surface area (Å²) in [6.07, 6.45) is 2.09. The summed E-state index contributed by atoms with van der Waals surface area (Å²) in [4.78, 5) is 29.8. The van der Waals surface area contributed by atoms with Gasteiger partial charge in [0, 0.05) is 22.6 Å². The SMILES string of the molecule is Cc1c(C(=O)Nc2nc3ccccc3s2)oc2c1/C(=N/NC(=O)COc1ccc(Cl)cc1Cl)CCC2. The van der Waals surface area contributed by atoms with Crippen LogP contribution in [0.4, 0.5) is 5.13 Å². The van der Waals surface area contributed by atoms with E-state index in [1.54, 1.807) is 12.1 Å². The summed E-state index contributed by atoms with van der Waals surface area (Å²) in [7, 11) is 0. The molecule has 0 radical (unpaired) electrons. The highest BCUT2D eigenvalue weighted by molar-refractivity contribution is 7.22. The van der Waals surface area contributed by atoms with Crippen molar-refractivity contribution in [2.24, 2.45) is 5.10 Å². The molecule has 0 atom stereocenters. The second-order valence-corrected chi connectivity index (χ2v) is 9.98. The third-order valence-corrected chi connectivity index (χ3v) is 7.10. The number of hydrogen-bond donors (Lipinski definition) is 2. The first-order chi connectivity index (χ1) is 17.4. The Morgan fingerprint density at radius 1 is 1.19 bits per heavy atom. The highest BCUT2D eigenvalue weighted by Crippen LogP contribution is 2.32. The van der Waals surface area contributed by atoms with Gasteiger partial charge in [0.15, 0.2) is 17.5 Å². The molecule has 0 fully saturated rings. The van der Waals surface area contributed by atoms with Crippen molar-refractivity contribution in [1.29, 1.82) is 0 Å². The first-order valence-corrected chi connectivity index (χ1v) is 12.7. The standard InChI is InChI=1S/C25H20Cl2N4O4S/c1-13-22-17(30-31-21(32)12-34-18-10-9-14(26)11-15(18)27)6-4-7-19(22)35-23(13)24(33)29-25-28-16-5-2-3-8-20(16)36-25/h2-3,5,8-11H,4,6-7,12H2,1H3,(H,31,32)(H,28,29,33)/b30-17+. The van der Waals surface area contributed by atoms with Crippen molar-refractivity contribution in [3.63, 3.8) is 0 Å². The van der Waals surface area contributed by atoms with Gasteiger partial charge in [-0.1, -0.05) is 46.7 Å². The van der Waals surface area contributed by atoms with Crippen molar-refractivity contribution in [3.8, 4) is 5.75 Å². The van der Waals surface area contributed by atoms with E-state index in [1.165, 1.54) is 17.4 Å². The number of ether oxygens (including phenoxy) is 1. The summed E-state index contributed by atoms with van der Waals surface area (Å²) in [5, 5.41) is 8.41. The fraction of sp³-hybridized carbons (Fsp3) is 0.200. The molecular weight excluding hydrogens is 523 g/mol. The molecule has 2 aromatic carbocycles. The quantitative estimate of drug-likeness (QED) is 0.291. The number of carbonyl (C=O) groups is 2. The van der Waals surface area contributed by atoms with E-state index < -0.39 is 5.91 Å². The Morgan fingerprint density at radius 2 is 2.03 bits per heavy atom. The maximum absolute atomic E-state index is 13.0. The zero-order chi connectivity index (χ0) is 25.2. The van der Waals surface area contributed by atoms with Gasteiger partial charge in [0.25, 0.3) is 11.8 Å². The number of para-hydroxylation sites is 1. The normalized spacial score (nSPS) is 14.0. The summed E-state index contributed by atoms with van der Waals surface area (Å²) in [6, 6.07) is 12.4. The Labute approximate surface area is 220 Å². The van der Waals surface area contributed by atoms with E-state index in [4.69, 9.17) is 32.4 Å². The molecule has 2 amide bonds. The summed E-state index contributed by atoms with van der Waals surface area (Å²) >= 11 is 13.3. The summed E-state index contributed by atoms with van der Waals surface area (Å²) < 4.78 is 12.4. The van der Waals surface area contributed by atoms with Gasteiger partial charge in [-0.2, -0.15) is 5.10 Å². The predicted molar refractivity (Wildman–Crippen MR) is 141 cm³/mol. The maximum Gasteiger partial charge on any atom is 0.293 e. The van der Waals surface area contributed by atoms with E-state index in [0.29, 0.717) is 50.8 Å². The molecule has 4 aromatic rings. The molecule has 0 spiro atoms. The predicted octanol–water partition coefficient (Wildman–Crippen LogP) is 5.99. The highest BCUT2D eigenvalue weighted by Gasteiger charge is 2.28.